The fourth-order valence-electron chi connectivity index (χ4n) is 3.17. The summed E-state index contributed by atoms with van der Waals surface area (Å²) < 4.78 is 2.08. The summed E-state index contributed by atoms with van der Waals surface area (Å²) in [4.78, 5) is 5.71. The molecule has 1 saturated heterocycles. The molecular weight excluding hydrogens is 270 g/mol. The summed E-state index contributed by atoms with van der Waals surface area (Å²) in [6.07, 6.45) is 0. The third-order valence-corrected chi connectivity index (χ3v) is 5.38. The van der Waals surface area contributed by atoms with Gasteiger partial charge in [0.05, 0.1) is 24.0 Å². The molecule has 2 aliphatic heterocycles. The lowest BCUT2D eigenvalue weighted by Gasteiger charge is -2.27. The summed E-state index contributed by atoms with van der Waals surface area (Å²) >= 11 is 1.90. The summed E-state index contributed by atoms with van der Waals surface area (Å²) in [5.41, 5.74) is 3.59. The van der Waals surface area contributed by atoms with Crippen LogP contribution >= 0.6 is 11.8 Å². The quantitative estimate of drug-likeness (QED) is 0.807. The molecule has 4 rings (SSSR count). The third kappa shape index (κ3) is 1.74. The lowest BCUT2D eigenvalue weighted by molar-refractivity contribution is -0.111. The van der Waals surface area contributed by atoms with Gasteiger partial charge in [0, 0.05) is 24.3 Å². The molecule has 0 saturated carbocycles. The van der Waals surface area contributed by atoms with Crippen LogP contribution in [0.2, 0.25) is 0 Å². The first-order chi connectivity index (χ1) is 9.75. The minimum Gasteiger partial charge on any atom is -0.298 e. The van der Waals surface area contributed by atoms with Gasteiger partial charge in [0.2, 0.25) is 0 Å². The van der Waals surface area contributed by atoms with Crippen LogP contribution in [0.25, 0.3) is 5.69 Å². The Morgan fingerprint density at radius 3 is 2.90 bits per heavy atom. The second kappa shape index (κ2) is 4.62. The van der Waals surface area contributed by atoms with E-state index in [1.807, 2.05) is 29.9 Å². The number of nitrogens with zero attached hydrogens (tertiary/aromatic N) is 3. The number of aryl methyl sites for hydroxylation is 1. The van der Waals surface area contributed by atoms with E-state index in [1.54, 1.807) is 0 Å². The standard InChI is InChI=1S/C15H17N3OS/c1-10-13-14-11(8-19-17(14)2)9-20-15(13)18(16-10)12-6-4-3-5-7-12/h3-7,11,14H,8-9H2,1-2H3/t11-,14-/m1/s1. The maximum Gasteiger partial charge on any atom is 0.105 e. The number of rotatable bonds is 1. The van der Waals surface area contributed by atoms with Gasteiger partial charge in [0.1, 0.15) is 5.03 Å². The van der Waals surface area contributed by atoms with Crippen molar-refractivity contribution in [3.8, 4) is 5.69 Å². The maximum absolute atomic E-state index is 5.71. The molecule has 0 spiro atoms. The summed E-state index contributed by atoms with van der Waals surface area (Å²) in [5, 5.41) is 8.05. The first-order valence-electron chi connectivity index (χ1n) is 6.89. The highest BCUT2D eigenvalue weighted by Crippen LogP contribution is 2.47. The van der Waals surface area contributed by atoms with E-state index in [2.05, 4.69) is 35.9 Å². The highest BCUT2D eigenvalue weighted by Gasteiger charge is 2.42. The predicted octanol–water partition coefficient (Wildman–Crippen LogP) is 2.82. The fraction of sp³-hybridized carbons (Fsp3) is 0.400. The molecule has 1 aromatic carbocycles. The van der Waals surface area contributed by atoms with Gasteiger partial charge in [-0.3, -0.25) is 4.84 Å². The third-order valence-electron chi connectivity index (χ3n) is 4.12. The minimum absolute atomic E-state index is 0.351. The molecule has 0 N–H and O–H groups in total. The number of para-hydroxylation sites is 1. The van der Waals surface area contributed by atoms with Gasteiger partial charge >= 0.3 is 0 Å². The van der Waals surface area contributed by atoms with Gasteiger partial charge in [-0.25, -0.2) is 4.68 Å². The number of aromatic nitrogens is 2. The Balaban J connectivity index is 1.86. The van der Waals surface area contributed by atoms with Gasteiger partial charge in [0.15, 0.2) is 0 Å². The largest absolute Gasteiger partial charge is 0.298 e. The van der Waals surface area contributed by atoms with Gasteiger partial charge in [-0.2, -0.15) is 10.2 Å². The summed E-state index contributed by atoms with van der Waals surface area (Å²) in [5.74, 6) is 1.67. The van der Waals surface area contributed by atoms with E-state index in [1.165, 1.54) is 10.6 Å². The van der Waals surface area contributed by atoms with E-state index in [9.17, 15) is 0 Å². The Kier molecular flexibility index (Phi) is 2.87. The van der Waals surface area contributed by atoms with Crippen molar-refractivity contribution in [2.75, 3.05) is 19.4 Å². The zero-order valence-electron chi connectivity index (χ0n) is 11.6. The predicted molar refractivity (Wildman–Crippen MR) is 79.0 cm³/mol. The Bertz CT molecular complexity index is 640. The van der Waals surface area contributed by atoms with Crippen molar-refractivity contribution in [3.05, 3.63) is 41.6 Å². The topological polar surface area (TPSA) is 30.3 Å². The van der Waals surface area contributed by atoms with Gasteiger partial charge < -0.3 is 0 Å². The minimum atomic E-state index is 0.351. The van der Waals surface area contributed by atoms with Crippen molar-refractivity contribution in [3.63, 3.8) is 0 Å². The average molecular weight is 287 g/mol. The molecule has 2 aliphatic rings. The highest BCUT2D eigenvalue weighted by molar-refractivity contribution is 7.99. The number of fused-ring (bicyclic) bond motifs is 3. The molecule has 104 valence electrons. The van der Waals surface area contributed by atoms with Crippen molar-refractivity contribution in [1.29, 1.82) is 0 Å². The van der Waals surface area contributed by atoms with Crippen LogP contribution in [-0.4, -0.2) is 34.3 Å². The number of hydroxylamine groups is 2. The molecule has 1 fully saturated rings. The van der Waals surface area contributed by atoms with E-state index >= 15 is 0 Å². The van der Waals surface area contributed by atoms with E-state index in [4.69, 9.17) is 9.94 Å². The first kappa shape index (κ1) is 12.4. The number of benzene rings is 1. The monoisotopic (exact) mass is 287 g/mol. The number of hydrogen-bond acceptors (Lipinski definition) is 4. The Labute approximate surface area is 122 Å². The van der Waals surface area contributed by atoms with Crippen LogP contribution in [0.15, 0.2) is 35.4 Å². The Morgan fingerprint density at radius 2 is 2.10 bits per heavy atom. The van der Waals surface area contributed by atoms with Gasteiger partial charge in [-0.05, 0) is 19.1 Å². The van der Waals surface area contributed by atoms with Gasteiger partial charge in [-0.1, -0.05) is 18.2 Å². The molecule has 20 heavy (non-hydrogen) atoms. The van der Waals surface area contributed by atoms with E-state index in [0.717, 1.165) is 23.7 Å². The number of hydrogen-bond donors (Lipinski definition) is 0. The molecular formula is C15H17N3OS. The van der Waals surface area contributed by atoms with Crippen LogP contribution in [0.4, 0.5) is 0 Å². The molecule has 2 aromatic rings. The molecule has 3 heterocycles. The van der Waals surface area contributed by atoms with Crippen molar-refractivity contribution >= 4 is 11.8 Å². The molecule has 0 bridgehead atoms. The summed E-state index contributed by atoms with van der Waals surface area (Å²) in [6, 6.07) is 10.7. The maximum atomic E-state index is 5.71. The van der Waals surface area contributed by atoms with Crippen molar-refractivity contribution < 1.29 is 4.84 Å². The molecule has 0 aliphatic carbocycles. The van der Waals surface area contributed by atoms with Gasteiger partial charge in [-0.15, -0.1) is 11.8 Å². The molecule has 5 heteroatoms. The molecule has 0 unspecified atom stereocenters. The van der Waals surface area contributed by atoms with E-state index in [-0.39, 0.29) is 0 Å². The second-order valence-electron chi connectivity index (χ2n) is 5.41. The smallest absolute Gasteiger partial charge is 0.105 e. The number of thioether (sulfide) groups is 1. The van der Waals surface area contributed by atoms with Crippen LogP contribution in [0.5, 0.6) is 0 Å². The lowest BCUT2D eigenvalue weighted by Crippen LogP contribution is -2.25. The summed E-state index contributed by atoms with van der Waals surface area (Å²) in [7, 11) is 2.03. The van der Waals surface area contributed by atoms with Crippen LogP contribution in [0.3, 0.4) is 0 Å². The molecule has 2 atom stereocenters. The van der Waals surface area contributed by atoms with Crippen molar-refractivity contribution in [2.45, 2.75) is 18.0 Å². The fourth-order valence-corrected chi connectivity index (χ4v) is 4.51. The van der Waals surface area contributed by atoms with E-state index < -0.39 is 0 Å². The first-order valence-corrected chi connectivity index (χ1v) is 7.88. The SMILES string of the molecule is Cc1nn(-c2ccccc2)c2c1[C@H]1[C@H](CON1C)CS2. The van der Waals surface area contributed by atoms with Crippen LogP contribution < -0.4 is 0 Å². The second-order valence-corrected chi connectivity index (χ2v) is 6.42. The van der Waals surface area contributed by atoms with Crippen LogP contribution in [0.1, 0.15) is 17.3 Å². The molecule has 4 nitrogen and oxygen atoms in total. The van der Waals surface area contributed by atoms with Crippen LogP contribution in [-0.2, 0) is 4.84 Å². The van der Waals surface area contributed by atoms with Crippen molar-refractivity contribution in [2.24, 2.45) is 5.92 Å². The van der Waals surface area contributed by atoms with Crippen molar-refractivity contribution in [1.82, 2.24) is 14.8 Å². The van der Waals surface area contributed by atoms with E-state index in [0.29, 0.717) is 12.0 Å². The molecule has 0 amide bonds. The van der Waals surface area contributed by atoms with Gasteiger partial charge in [0.25, 0.3) is 0 Å². The van der Waals surface area contributed by atoms with Crippen LogP contribution in [0, 0.1) is 12.8 Å². The highest BCUT2D eigenvalue weighted by atomic mass is 32.2. The zero-order chi connectivity index (χ0) is 13.7. The molecule has 1 aromatic heterocycles. The summed E-state index contributed by atoms with van der Waals surface area (Å²) in [6.45, 7) is 2.93. The average Bonchev–Trinajstić information content (AvgIpc) is 3.01. The normalized spacial score (nSPS) is 25.5. The Morgan fingerprint density at radius 1 is 1.30 bits per heavy atom. The lowest BCUT2D eigenvalue weighted by atomic mass is 9.96. The zero-order valence-corrected chi connectivity index (χ0v) is 12.4. The molecule has 0 radical (unpaired) electrons. The Hall–Kier alpha value is -1.30.